The molecule has 0 aliphatic heterocycles. The zero-order valence-corrected chi connectivity index (χ0v) is 14.7. The Balaban J connectivity index is 0.00000176. The van der Waals surface area contributed by atoms with E-state index in [2.05, 4.69) is 10.3 Å². The minimum Gasteiger partial charge on any atom is -0.370 e. The second-order valence-electron chi connectivity index (χ2n) is 6.16. The van der Waals surface area contributed by atoms with Gasteiger partial charge in [0.15, 0.2) is 5.96 Å². The molecule has 3 N–H and O–H groups in total. The average Bonchev–Trinajstić information content (AvgIpc) is 2.84. The molecule has 0 heterocycles. The molecule has 0 amide bonds. The number of hydrogen-bond acceptors (Lipinski definition) is 1. The van der Waals surface area contributed by atoms with Crippen molar-refractivity contribution in [1.29, 1.82) is 0 Å². The van der Waals surface area contributed by atoms with E-state index in [9.17, 15) is 8.78 Å². The Morgan fingerprint density at radius 2 is 1.68 bits per heavy atom. The summed E-state index contributed by atoms with van der Waals surface area (Å²) in [6.45, 7) is 0. The molecule has 3 rings (SSSR count). The summed E-state index contributed by atoms with van der Waals surface area (Å²) in [5, 5.41) is 3.21. The second kappa shape index (κ2) is 7.57. The molecular formula is C16H22F2IN3. The molecule has 0 atom stereocenters. The molecule has 2 saturated carbocycles. The minimum absolute atomic E-state index is 0. The second-order valence-corrected chi connectivity index (χ2v) is 6.16. The maximum Gasteiger partial charge on any atom is 0.189 e. The van der Waals surface area contributed by atoms with Crippen LogP contribution in [0.3, 0.4) is 0 Å². The van der Waals surface area contributed by atoms with Crippen molar-refractivity contribution < 1.29 is 8.78 Å². The fraction of sp³-hybridized carbons (Fsp3) is 0.562. The molecule has 2 aliphatic rings. The summed E-state index contributed by atoms with van der Waals surface area (Å²) in [5.41, 5.74) is 6.65. The zero-order chi connectivity index (χ0) is 14.8. The predicted molar refractivity (Wildman–Crippen MR) is 94.6 cm³/mol. The number of rotatable bonds is 3. The summed E-state index contributed by atoms with van der Waals surface area (Å²) in [7, 11) is 0. The standard InChI is InChI=1S/C16H21F2N3.HI/c17-12-5-10(6-13(18)9-12)11-7-15(8-11)21-16(19)20-14-3-1-2-4-14;/h5-6,9,11,14-15H,1-4,7-8H2,(H3,19,20,21);1H. The lowest BCUT2D eigenvalue weighted by atomic mass is 9.76. The van der Waals surface area contributed by atoms with E-state index in [1.54, 1.807) is 0 Å². The molecule has 0 spiro atoms. The number of benzene rings is 1. The molecule has 122 valence electrons. The van der Waals surface area contributed by atoms with E-state index in [1.807, 2.05) is 0 Å². The Bertz CT molecular complexity index is 518. The highest BCUT2D eigenvalue weighted by Crippen LogP contribution is 2.37. The maximum absolute atomic E-state index is 13.2. The minimum atomic E-state index is -0.510. The lowest BCUT2D eigenvalue weighted by molar-refractivity contribution is 0.321. The molecule has 22 heavy (non-hydrogen) atoms. The van der Waals surface area contributed by atoms with E-state index in [-0.39, 0.29) is 35.9 Å². The van der Waals surface area contributed by atoms with Gasteiger partial charge in [-0.15, -0.1) is 24.0 Å². The molecular weight excluding hydrogens is 399 g/mol. The molecule has 0 saturated heterocycles. The summed E-state index contributed by atoms with van der Waals surface area (Å²) in [4.78, 5) is 4.49. The van der Waals surface area contributed by atoms with Crippen LogP contribution in [0, 0.1) is 11.6 Å². The van der Waals surface area contributed by atoms with Crippen LogP contribution in [0.25, 0.3) is 0 Å². The van der Waals surface area contributed by atoms with Gasteiger partial charge < -0.3 is 11.1 Å². The van der Waals surface area contributed by atoms with Gasteiger partial charge in [-0.1, -0.05) is 12.8 Å². The Hall–Kier alpha value is -0.920. The average molecular weight is 421 g/mol. The Kier molecular flexibility index (Phi) is 6.00. The highest BCUT2D eigenvalue weighted by Gasteiger charge is 2.31. The van der Waals surface area contributed by atoms with E-state index >= 15 is 0 Å². The molecule has 6 heteroatoms. The van der Waals surface area contributed by atoms with E-state index in [0.29, 0.717) is 12.0 Å². The van der Waals surface area contributed by atoms with Crippen LogP contribution in [0.2, 0.25) is 0 Å². The molecule has 0 unspecified atom stereocenters. The van der Waals surface area contributed by atoms with Crippen molar-refractivity contribution in [2.24, 2.45) is 10.7 Å². The maximum atomic E-state index is 13.2. The van der Waals surface area contributed by atoms with Crippen molar-refractivity contribution in [1.82, 2.24) is 5.32 Å². The quantitative estimate of drug-likeness (QED) is 0.445. The molecule has 2 fully saturated rings. The molecule has 0 radical (unpaired) electrons. The third kappa shape index (κ3) is 4.30. The van der Waals surface area contributed by atoms with Gasteiger partial charge in [0, 0.05) is 12.1 Å². The molecule has 0 bridgehead atoms. The van der Waals surface area contributed by atoms with E-state index in [1.165, 1.54) is 25.0 Å². The monoisotopic (exact) mass is 421 g/mol. The molecule has 1 aromatic carbocycles. The van der Waals surface area contributed by atoms with Crippen molar-refractivity contribution in [2.45, 2.75) is 56.5 Å². The van der Waals surface area contributed by atoms with E-state index < -0.39 is 11.6 Å². The van der Waals surface area contributed by atoms with Gasteiger partial charge in [-0.05, 0) is 49.3 Å². The zero-order valence-electron chi connectivity index (χ0n) is 12.4. The third-order valence-corrected chi connectivity index (χ3v) is 4.49. The number of guanidine groups is 1. The van der Waals surface area contributed by atoms with Gasteiger partial charge in [-0.2, -0.15) is 0 Å². The van der Waals surface area contributed by atoms with E-state index in [0.717, 1.165) is 37.3 Å². The highest BCUT2D eigenvalue weighted by atomic mass is 127. The summed E-state index contributed by atoms with van der Waals surface area (Å²) in [5.74, 6) is -0.310. The fourth-order valence-electron chi connectivity index (χ4n) is 3.30. The van der Waals surface area contributed by atoms with Crippen LogP contribution in [0.15, 0.2) is 23.2 Å². The number of aliphatic imine (C=N–C) groups is 1. The van der Waals surface area contributed by atoms with Crippen LogP contribution in [-0.2, 0) is 0 Å². The van der Waals surface area contributed by atoms with Crippen molar-refractivity contribution >= 4 is 29.9 Å². The van der Waals surface area contributed by atoms with Crippen molar-refractivity contribution in [3.8, 4) is 0 Å². The highest BCUT2D eigenvalue weighted by molar-refractivity contribution is 14.0. The molecule has 3 nitrogen and oxygen atoms in total. The molecule has 1 aromatic rings. The van der Waals surface area contributed by atoms with Gasteiger partial charge in [0.2, 0.25) is 0 Å². The topological polar surface area (TPSA) is 50.4 Å². The predicted octanol–water partition coefficient (Wildman–Crippen LogP) is 3.68. The number of nitrogens with one attached hydrogen (secondary N) is 1. The number of halogens is 3. The molecule has 2 aliphatic carbocycles. The van der Waals surface area contributed by atoms with Gasteiger partial charge in [0.25, 0.3) is 0 Å². The normalized spacial score (nSPS) is 25.5. The first kappa shape index (κ1) is 17.4. The van der Waals surface area contributed by atoms with Crippen molar-refractivity contribution in [2.75, 3.05) is 0 Å². The Labute approximate surface area is 146 Å². The van der Waals surface area contributed by atoms with Gasteiger partial charge in [0.05, 0.1) is 6.04 Å². The van der Waals surface area contributed by atoms with Gasteiger partial charge in [0.1, 0.15) is 11.6 Å². The summed E-state index contributed by atoms with van der Waals surface area (Å²) < 4.78 is 26.4. The lowest BCUT2D eigenvalue weighted by Gasteiger charge is -2.36. The number of hydrogen-bond donors (Lipinski definition) is 2. The first-order chi connectivity index (χ1) is 10.1. The third-order valence-electron chi connectivity index (χ3n) is 4.49. The van der Waals surface area contributed by atoms with Gasteiger partial charge in [-0.25, -0.2) is 8.78 Å². The largest absolute Gasteiger partial charge is 0.370 e. The summed E-state index contributed by atoms with van der Waals surface area (Å²) in [6.07, 6.45) is 6.39. The van der Waals surface area contributed by atoms with Crippen LogP contribution < -0.4 is 11.1 Å². The first-order valence-corrected chi connectivity index (χ1v) is 7.66. The van der Waals surface area contributed by atoms with Crippen molar-refractivity contribution in [3.05, 3.63) is 35.4 Å². The van der Waals surface area contributed by atoms with Crippen LogP contribution in [0.5, 0.6) is 0 Å². The van der Waals surface area contributed by atoms with Gasteiger partial charge >= 0.3 is 0 Å². The first-order valence-electron chi connectivity index (χ1n) is 7.66. The smallest absolute Gasteiger partial charge is 0.189 e. The number of nitrogens with two attached hydrogens (primary N) is 1. The Morgan fingerprint density at radius 3 is 2.27 bits per heavy atom. The van der Waals surface area contributed by atoms with Crippen molar-refractivity contribution in [3.63, 3.8) is 0 Å². The SMILES string of the molecule is I.NC(=NC1CCCC1)NC1CC(c2cc(F)cc(F)c2)C1. The summed E-state index contributed by atoms with van der Waals surface area (Å²) >= 11 is 0. The van der Waals surface area contributed by atoms with Crippen LogP contribution in [0.1, 0.15) is 50.0 Å². The summed E-state index contributed by atoms with van der Waals surface area (Å²) in [6, 6.07) is 4.36. The van der Waals surface area contributed by atoms with E-state index in [4.69, 9.17) is 5.73 Å². The van der Waals surface area contributed by atoms with Crippen LogP contribution in [-0.4, -0.2) is 18.0 Å². The molecule has 0 aromatic heterocycles. The Morgan fingerprint density at radius 1 is 1.09 bits per heavy atom. The van der Waals surface area contributed by atoms with Crippen LogP contribution >= 0.6 is 24.0 Å². The lowest BCUT2D eigenvalue weighted by Crippen LogP contribution is -2.47. The number of nitrogens with zero attached hydrogens (tertiary/aromatic N) is 1. The fourth-order valence-corrected chi connectivity index (χ4v) is 3.30. The van der Waals surface area contributed by atoms with Crippen LogP contribution in [0.4, 0.5) is 8.78 Å². The van der Waals surface area contributed by atoms with Gasteiger partial charge in [-0.3, -0.25) is 4.99 Å².